The fourth-order valence-corrected chi connectivity index (χ4v) is 3.44. The van der Waals surface area contributed by atoms with Gasteiger partial charge in [0.15, 0.2) is 0 Å². The highest BCUT2D eigenvalue weighted by molar-refractivity contribution is 5.85. The van der Waals surface area contributed by atoms with E-state index in [2.05, 4.69) is 47.4 Å². The van der Waals surface area contributed by atoms with Gasteiger partial charge in [0.2, 0.25) is 0 Å². The van der Waals surface area contributed by atoms with E-state index in [1.54, 1.807) is 0 Å². The largest absolute Gasteiger partial charge is 0.493 e. The van der Waals surface area contributed by atoms with Crippen LogP contribution in [0.25, 0.3) is 5.57 Å². The Morgan fingerprint density at radius 3 is 2.59 bits per heavy atom. The summed E-state index contributed by atoms with van der Waals surface area (Å²) in [6.07, 6.45) is 6.66. The van der Waals surface area contributed by atoms with Crippen LogP contribution in [0.3, 0.4) is 0 Å². The van der Waals surface area contributed by atoms with Gasteiger partial charge in [-0.1, -0.05) is 36.4 Å². The van der Waals surface area contributed by atoms with E-state index in [1.807, 2.05) is 0 Å². The van der Waals surface area contributed by atoms with Gasteiger partial charge in [-0.25, -0.2) is 0 Å². The summed E-state index contributed by atoms with van der Waals surface area (Å²) in [5, 5.41) is 0. The summed E-state index contributed by atoms with van der Waals surface area (Å²) in [6.45, 7) is 4.23. The molecule has 1 fully saturated rings. The van der Waals surface area contributed by atoms with Gasteiger partial charge in [-0.15, -0.1) is 0 Å². The minimum Gasteiger partial charge on any atom is -0.493 e. The molecule has 0 N–H and O–H groups in total. The number of ether oxygens (including phenoxy) is 2. The molecule has 1 aliphatic carbocycles. The Morgan fingerprint density at radius 1 is 0.955 bits per heavy atom. The lowest BCUT2D eigenvalue weighted by molar-refractivity contribution is 0.0540. The predicted octanol–water partition coefficient (Wildman–Crippen LogP) is 3.36. The molecule has 0 radical (unpaired) electrons. The molecule has 1 aromatic carbocycles. The van der Waals surface area contributed by atoms with Crippen molar-refractivity contribution in [1.82, 2.24) is 4.90 Å². The van der Waals surface area contributed by atoms with Crippen LogP contribution in [0.4, 0.5) is 0 Å². The summed E-state index contributed by atoms with van der Waals surface area (Å²) in [7, 11) is 0. The Kier molecular flexibility index (Phi) is 3.73. The van der Waals surface area contributed by atoms with E-state index >= 15 is 0 Å². The zero-order valence-corrected chi connectivity index (χ0v) is 12.8. The molecular formula is C19H21NO2. The SMILES string of the molecule is C1=C(c2ccccc2)C2=C(CCC=C2N2CCOCC2)OC1. The molecule has 4 rings (SSSR count). The van der Waals surface area contributed by atoms with Gasteiger partial charge in [-0.2, -0.15) is 0 Å². The summed E-state index contributed by atoms with van der Waals surface area (Å²) in [5.74, 6) is 1.16. The van der Waals surface area contributed by atoms with Gasteiger partial charge >= 0.3 is 0 Å². The van der Waals surface area contributed by atoms with Crippen molar-refractivity contribution >= 4 is 5.57 Å². The standard InChI is InChI=1S/C19H21NO2/c1-2-5-15(6-3-1)16-9-12-22-18-8-4-7-17(19(16)18)20-10-13-21-14-11-20/h1-3,5-7,9H,4,8,10-14H2. The highest BCUT2D eigenvalue weighted by atomic mass is 16.5. The number of benzene rings is 1. The monoisotopic (exact) mass is 295 g/mol. The molecule has 114 valence electrons. The Labute approximate surface area is 131 Å². The fourth-order valence-electron chi connectivity index (χ4n) is 3.44. The van der Waals surface area contributed by atoms with Gasteiger partial charge in [0.1, 0.15) is 12.4 Å². The summed E-state index contributed by atoms with van der Waals surface area (Å²) < 4.78 is 11.5. The first-order valence-electron chi connectivity index (χ1n) is 8.08. The molecule has 3 heteroatoms. The van der Waals surface area contributed by atoms with E-state index in [9.17, 15) is 0 Å². The molecule has 3 nitrogen and oxygen atoms in total. The van der Waals surface area contributed by atoms with Crippen molar-refractivity contribution in [2.45, 2.75) is 12.8 Å². The first kappa shape index (κ1) is 13.6. The molecule has 0 atom stereocenters. The van der Waals surface area contributed by atoms with E-state index in [1.165, 1.54) is 22.4 Å². The van der Waals surface area contributed by atoms with Crippen LogP contribution in [0.15, 0.2) is 59.5 Å². The number of nitrogens with zero attached hydrogens (tertiary/aromatic N) is 1. The quantitative estimate of drug-likeness (QED) is 0.835. The van der Waals surface area contributed by atoms with Crippen molar-refractivity contribution in [1.29, 1.82) is 0 Å². The molecule has 0 bridgehead atoms. The molecule has 2 heterocycles. The van der Waals surface area contributed by atoms with Crippen molar-refractivity contribution in [2.24, 2.45) is 0 Å². The molecule has 1 saturated heterocycles. The van der Waals surface area contributed by atoms with Gasteiger partial charge in [-0.05, 0) is 23.6 Å². The summed E-state index contributed by atoms with van der Waals surface area (Å²) >= 11 is 0. The minimum atomic E-state index is 0.680. The Bertz CT molecular complexity index is 633. The lowest BCUT2D eigenvalue weighted by Gasteiger charge is -2.36. The normalized spacial score (nSPS) is 21.7. The zero-order chi connectivity index (χ0) is 14.8. The summed E-state index contributed by atoms with van der Waals surface area (Å²) in [4.78, 5) is 2.45. The number of rotatable bonds is 2. The van der Waals surface area contributed by atoms with E-state index in [-0.39, 0.29) is 0 Å². The molecule has 1 aromatic rings. The lowest BCUT2D eigenvalue weighted by Crippen LogP contribution is -2.37. The number of hydrogen-bond acceptors (Lipinski definition) is 3. The van der Waals surface area contributed by atoms with Crippen molar-refractivity contribution in [3.63, 3.8) is 0 Å². The second kappa shape index (κ2) is 6.01. The van der Waals surface area contributed by atoms with Crippen LogP contribution in [0.2, 0.25) is 0 Å². The maximum atomic E-state index is 5.96. The Morgan fingerprint density at radius 2 is 1.77 bits per heavy atom. The number of allylic oxidation sites excluding steroid dienone is 3. The van der Waals surface area contributed by atoms with E-state index in [0.29, 0.717) is 6.61 Å². The van der Waals surface area contributed by atoms with Gasteiger partial charge in [-0.3, -0.25) is 0 Å². The van der Waals surface area contributed by atoms with Crippen LogP contribution in [0, 0.1) is 0 Å². The third-order valence-corrected chi connectivity index (χ3v) is 4.49. The minimum absolute atomic E-state index is 0.680. The van der Waals surface area contributed by atoms with E-state index in [0.717, 1.165) is 44.9 Å². The molecule has 0 aromatic heterocycles. The van der Waals surface area contributed by atoms with Crippen molar-refractivity contribution in [2.75, 3.05) is 32.9 Å². The maximum Gasteiger partial charge on any atom is 0.107 e. The van der Waals surface area contributed by atoms with Crippen LogP contribution in [-0.4, -0.2) is 37.8 Å². The van der Waals surface area contributed by atoms with Gasteiger partial charge in [0.25, 0.3) is 0 Å². The van der Waals surface area contributed by atoms with Crippen molar-refractivity contribution < 1.29 is 9.47 Å². The first-order chi connectivity index (χ1) is 10.9. The summed E-state index contributed by atoms with van der Waals surface area (Å²) in [5.41, 5.74) is 5.23. The maximum absolute atomic E-state index is 5.96. The van der Waals surface area contributed by atoms with Crippen LogP contribution in [0.5, 0.6) is 0 Å². The Balaban J connectivity index is 1.73. The van der Waals surface area contributed by atoms with Crippen LogP contribution >= 0.6 is 0 Å². The second-order valence-electron chi connectivity index (χ2n) is 5.82. The predicted molar refractivity (Wildman–Crippen MR) is 87.1 cm³/mol. The average Bonchev–Trinajstić information content (AvgIpc) is 2.62. The average molecular weight is 295 g/mol. The smallest absolute Gasteiger partial charge is 0.107 e. The molecule has 2 aliphatic heterocycles. The van der Waals surface area contributed by atoms with Crippen molar-refractivity contribution in [3.05, 3.63) is 65.1 Å². The molecular weight excluding hydrogens is 274 g/mol. The number of morpholine rings is 1. The molecule has 0 amide bonds. The Hall–Kier alpha value is -2.00. The third-order valence-electron chi connectivity index (χ3n) is 4.49. The molecule has 0 unspecified atom stereocenters. The van der Waals surface area contributed by atoms with Crippen LogP contribution in [0.1, 0.15) is 18.4 Å². The topological polar surface area (TPSA) is 21.7 Å². The number of hydrogen-bond donors (Lipinski definition) is 0. The van der Waals surface area contributed by atoms with E-state index in [4.69, 9.17) is 9.47 Å². The third kappa shape index (κ3) is 2.46. The summed E-state index contributed by atoms with van der Waals surface area (Å²) in [6, 6.07) is 10.7. The zero-order valence-electron chi connectivity index (χ0n) is 12.8. The van der Waals surface area contributed by atoms with Gasteiger partial charge in [0, 0.05) is 30.8 Å². The second-order valence-corrected chi connectivity index (χ2v) is 5.82. The highest BCUT2D eigenvalue weighted by Gasteiger charge is 2.28. The van der Waals surface area contributed by atoms with Crippen LogP contribution < -0.4 is 0 Å². The molecule has 3 aliphatic rings. The van der Waals surface area contributed by atoms with E-state index < -0.39 is 0 Å². The van der Waals surface area contributed by atoms with Gasteiger partial charge in [0.05, 0.1) is 13.2 Å². The molecule has 0 saturated carbocycles. The van der Waals surface area contributed by atoms with Crippen molar-refractivity contribution in [3.8, 4) is 0 Å². The first-order valence-corrected chi connectivity index (χ1v) is 8.08. The van der Waals surface area contributed by atoms with Crippen LogP contribution in [-0.2, 0) is 9.47 Å². The highest BCUT2D eigenvalue weighted by Crippen LogP contribution is 2.40. The lowest BCUT2D eigenvalue weighted by atomic mass is 9.88. The molecule has 22 heavy (non-hydrogen) atoms. The fraction of sp³-hybridized carbons (Fsp3) is 0.368. The molecule has 0 spiro atoms. The van der Waals surface area contributed by atoms with Gasteiger partial charge < -0.3 is 14.4 Å².